The molecule has 0 aliphatic carbocycles. The molecule has 0 saturated heterocycles. The van der Waals surface area contributed by atoms with Gasteiger partial charge in [0.05, 0.1) is 13.2 Å². The molecule has 4 N–H and O–H groups in total. The van der Waals surface area contributed by atoms with Crippen LogP contribution in [0.4, 0.5) is 5.69 Å². The van der Waals surface area contributed by atoms with Gasteiger partial charge in [0.1, 0.15) is 5.75 Å². The minimum atomic E-state index is -0.612. The van der Waals surface area contributed by atoms with E-state index >= 15 is 0 Å². The van der Waals surface area contributed by atoms with Gasteiger partial charge in [0.25, 0.3) is 0 Å². The van der Waals surface area contributed by atoms with Crippen molar-refractivity contribution < 1.29 is 14.3 Å². The number of benzene rings is 1. The highest BCUT2D eigenvalue weighted by atomic mass is 32.1. The highest BCUT2D eigenvalue weighted by Gasteiger charge is 2.17. The summed E-state index contributed by atoms with van der Waals surface area (Å²) in [4.78, 5) is 25.6. The van der Waals surface area contributed by atoms with E-state index in [1.165, 1.54) is 6.08 Å². The SMILES string of the molecule is CCCC(C=CC(=O)Nc1ccc(OC)cc1)NC(=O)[C@@H](N)Cc1cccs1. The number of amides is 2. The molecule has 7 heteroatoms. The van der Waals surface area contributed by atoms with Crippen LogP contribution in [0.25, 0.3) is 0 Å². The molecule has 1 aromatic carbocycles. The lowest BCUT2D eigenvalue weighted by Gasteiger charge is -2.17. The summed E-state index contributed by atoms with van der Waals surface area (Å²) in [6.45, 7) is 2.02. The van der Waals surface area contributed by atoms with Crippen molar-refractivity contribution in [2.24, 2.45) is 5.73 Å². The van der Waals surface area contributed by atoms with E-state index < -0.39 is 6.04 Å². The monoisotopic (exact) mass is 401 g/mol. The number of hydrogen-bond donors (Lipinski definition) is 3. The van der Waals surface area contributed by atoms with Crippen molar-refractivity contribution >= 4 is 28.8 Å². The summed E-state index contributed by atoms with van der Waals surface area (Å²) in [5, 5.41) is 7.66. The van der Waals surface area contributed by atoms with Gasteiger partial charge in [-0.15, -0.1) is 11.3 Å². The average Bonchev–Trinajstić information content (AvgIpc) is 3.20. The fraction of sp³-hybridized carbons (Fsp3) is 0.333. The van der Waals surface area contributed by atoms with Crippen molar-refractivity contribution in [2.75, 3.05) is 12.4 Å². The Balaban J connectivity index is 1.88. The molecule has 2 atom stereocenters. The largest absolute Gasteiger partial charge is 0.497 e. The van der Waals surface area contributed by atoms with E-state index in [9.17, 15) is 9.59 Å². The smallest absolute Gasteiger partial charge is 0.248 e. The van der Waals surface area contributed by atoms with Crippen LogP contribution in [0.3, 0.4) is 0 Å². The van der Waals surface area contributed by atoms with Crippen molar-refractivity contribution in [2.45, 2.75) is 38.3 Å². The lowest BCUT2D eigenvalue weighted by Crippen LogP contribution is -2.45. The van der Waals surface area contributed by atoms with Crippen molar-refractivity contribution in [3.05, 3.63) is 58.8 Å². The summed E-state index contributed by atoms with van der Waals surface area (Å²) < 4.78 is 5.09. The number of methoxy groups -OCH3 is 1. The Kier molecular flexibility index (Phi) is 8.71. The molecule has 0 bridgehead atoms. The molecule has 0 aliphatic heterocycles. The Bertz CT molecular complexity index is 773. The lowest BCUT2D eigenvalue weighted by molar-refractivity contribution is -0.122. The molecule has 0 spiro atoms. The fourth-order valence-corrected chi connectivity index (χ4v) is 3.38. The topological polar surface area (TPSA) is 93.5 Å². The van der Waals surface area contributed by atoms with Gasteiger partial charge in [0, 0.05) is 29.1 Å². The van der Waals surface area contributed by atoms with Crippen molar-refractivity contribution in [3.63, 3.8) is 0 Å². The van der Waals surface area contributed by atoms with Crippen LogP contribution < -0.4 is 21.1 Å². The van der Waals surface area contributed by atoms with Crippen LogP contribution in [0, 0.1) is 0 Å². The maximum Gasteiger partial charge on any atom is 0.248 e. The number of thiophene rings is 1. The number of ether oxygens (including phenoxy) is 1. The Labute approximate surface area is 169 Å². The maximum atomic E-state index is 12.4. The molecule has 0 radical (unpaired) electrons. The van der Waals surface area contributed by atoms with E-state index in [1.807, 2.05) is 24.4 Å². The van der Waals surface area contributed by atoms with Crippen molar-refractivity contribution in [3.8, 4) is 5.75 Å². The molecular weight excluding hydrogens is 374 g/mol. The summed E-state index contributed by atoms with van der Waals surface area (Å²) in [6, 6.07) is 10.1. The fourth-order valence-electron chi connectivity index (χ4n) is 2.62. The third kappa shape index (κ3) is 7.17. The van der Waals surface area contributed by atoms with E-state index in [4.69, 9.17) is 10.5 Å². The predicted octanol–water partition coefficient (Wildman–Crippen LogP) is 3.11. The van der Waals surface area contributed by atoms with Crippen LogP contribution in [0.1, 0.15) is 24.6 Å². The van der Waals surface area contributed by atoms with Crippen molar-refractivity contribution in [1.82, 2.24) is 5.32 Å². The molecule has 1 aromatic heterocycles. The summed E-state index contributed by atoms with van der Waals surface area (Å²) in [5.41, 5.74) is 6.69. The number of nitrogens with one attached hydrogen (secondary N) is 2. The molecule has 1 unspecified atom stereocenters. The first kappa shape index (κ1) is 21.7. The minimum Gasteiger partial charge on any atom is -0.497 e. The summed E-state index contributed by atoms with van der Waals surface area (Å²) >= 11 is 1.58. The summed E-state index contributed by atoms with van der Waals surface area (Å²) in [6.07, 6.45) is 5.25. The first-order valence-electron chi connectivity index (χ1n) is 9.23. The number of rotatable bonds is 10. The number of carbonyl (C=O) groups excluding carboxylic acids is 2. The lowest BCUT2D eigenvalue weighted by atomic mass is 10.1. The normalized spacial score (nSPS) is 13.1. The third-order valence-electron chi connectivity index (χ3n) is 4.10. The van der Waals surface area contributed by atoms with Crippen LogP contribution in [-0.2, 0) is 16.0 Å². The molecule has 2 rings (SSSR count). The van der Waals surface area contributed by atoms with Crippen LogP contribution in [-0.4, -0.2) is 31.0 Å². The van der Waals surface area contributed by atoms with Crippen LogP contribution in [0.2, 0.25) is 0 Å². The van der Waals surface area contributed by atoms with E-state index in [-0.39, 0.29) is 17.9 Å². The molecule has 28 heavy (non-hydrogen) atoms. The van der Waals surface area contributed by atoms with Gasteiger partial charge in [0.15, 0.2) is 0 Å². The highest BCUT2D eigenvalue weighted by Crippen LogP contribution is 2.15. The van der Waals surface area contributed by atoms with Gasteiger partial charge in [0.2, 0.25) is 11.8 Å². The Morgan fingerprint density at radius 3 is 2.61 bits per heavy atom. The number of nitrogens with two attached hydrogens (primary N) is 1. The Morgan fingerprint density at radius 2 is 2.00 bits per heavy atom. The Hall–Kier alpha value is -2.64. The number of anilines is 1. The Morgan fingerprint density at radius 1 is 1.25 bits per heavy atom. The van der Waals surface area contributed by atoms with E-state index in [1.54, 1.807) is 48.8 Å². The van der Waals surface area contributed by atoms with Crippen molar-refractivity contribution in [1.29, 1.82) is 0 Å². The van der Waals surface area contributed by atoms with E-state index in [2.05, 4.69) is 10.6 Å². The molecule has 0 saturated carbocycles. The van der Waals surface area contributed by atoms with Gasteiger partial charge in [-0.1, -0.05) is 25.5 Å². The maximum absolute atomic E-state index is 12.4. The molecule has 0 aliphatic rings. The van der Waals surface area contributed by atoms with Crippen LogP contribution in [0.15, 0.2) is 53.9 Å². The standard InChI is InChI=1S/C21H27N3O3S/c1-3-5-15(24-21(26)19(22)14-18-6-4-13-28-18)9-12-20(25)23-16-7-10-17(27-2)11-8-16/h4,6-13,15,19H,3,5,14,22H2,1-2H3,(H,23,25)(H,24,26)/t15?,19-/m0/s1. The zero-order valence-electron chi connectivity index (χ0n) is 16.2. The van der Waals surface area contributed by atoms with Gasteiger partial charge >= 0.3 is 0 Å². The zero-order valence-corrected chi connectivity index (χ0v) is 17.0. The average molecular weight is 402 g/mol. The molecule has 150 valence electrons. The van der Waals surface area contributed by atoms with E-state index in [0.717, 1.165) is 23.5 Å². The first-order chi connectivity index (χ1) is 13.5. The molecule has 0 fully saturated rings. The van der Waals surface area contributed by atoms with Crippen LogP contribution >= 0.6 is 11.3 Å². The second kappa shape index (κ2) is 11.3. The van der Waals surface area contributed by atoms with E-state index in [0.29, 0.717) is 12.1 Å². The second-order valence-corrected chi connectivity index (χ2v) is 7.40. The zero-order chi connectivity index (χ0) is 20.4. The van der Waals surface area contributed by atoms with Gasteiger partial charge in [-0.05, 0) is 42.1 Å². The number of carbonyl (C=O) groups is 2. The number of hydrogen-bond acceptors (Lipinski definition) is 5. The molecule has 2 amide bonds. The van der Waals surface area contributed by atoms with Gasteiger partial charge in [-0.25, -0.2) is 0 Å². The van der Waals surface area contributed by atoms with Gasteiger partial charge < -0.3 is 21.1 Å². The van der Waals surface area contributed by atoms with Gasteiger partial charge in [-0.3, -0.25) is 9.59 Å². The predicted molar refractivity (Wildman–Crippen MR) is 114 cm³/mol. The molecule has 1 heterocycles. The molecule has 2 aromatic rings. The molecule has 6 nitrogen and oxygen atoms in total. The quantitative estimate of drug-likeness (QED) is 0.533. The first-order valence-corrected chi connectivity index (χ1v) is 10.1. The van der Waals surface area contributed by atoms with Gasteiger partial charge in [-0.2, -0.15) is 0 Å². The highest BCUT2D eigenvalue weighted by molar-refractivity contribution is 7.09. The minimum absolute atomic E-state index is 0.216. The summed E-state index contributed by atoms with van der Waals surface area (Å²) in [7, 11) is 1.59. The second-order valence-electron chi connectivity index (χ2n) is 6.37. The summed E-state index contributed by atoms with van der Waals surface area (Å²) in [5.74, 6) is 0.244. The third-order valence-corrected chi connectivity index (χ3v) is 5.00. The van der Waals surface area contributed by atoms with Crippen LogP contribution in [0.5, 0.6) is 5.75 Å². The molecular formula is C21H27N3O3S.